The third-order valence-electron chi connectivity index (χ3n) is 2.53. The summed E-state index contributed by atoms with van der Waals surface area (Å²) in [5.74, 6) is 0.211. The van der Waals surface area contributed by atoms with E-state index in [0.717, 1.165) is 14.9 Å². The summed E-state index contributed by atoms with van der Waals surface area (Å²) >= 11 is 4.37. The molecule has 1 atom stereocenters. The van der Waals surface area contributed by atoms with Crippen LogP contribution in [0.5, 0.6) is 0 Å². The number of nitrogens with one attached hydrogen (secondary N) is 1. The fraction of sp³-hybridized carbons (Fsp3) is 0.286. The lowest BCUT2D eigenvalue weighted by Gasteiger charge is -2.13. The molecule has 0 saturated carbocycles. The molecule has 0 aliphatic rings. The first kappa shape index (κ1) is 16.8. The first-order valence-corrected chi connectivity index (χ1v) is 9.25. The van der Waals surface area contributed by atoms with Crippen molar-refractivity contribution in [3.8, 4) is 6.07 Å². The predicted octanol–water partition coefficient (Wildman–Crippen LogP) is 3.66. The number of hydrogen-bond acceptors (Lipinski definition) is 7. The monoisotopic (exact) mass is 350 g/mol. The molecule has 0 fully saturated rings. The van der Waals surface area contributed by atoms with Crippen molar-refractivity contribution in [2.24, 2.45) is 0 Å². The van der Waals surface area contributed by atoms with Gasteiger partial charge in [-0.05, 0) is 12.1 Å². The maximum absolute atomic E-state index is 12.0. The molecule has 0 saturated heterocycles. The van der Waals surface area contributed by atoms with E-state index in [0.29, 0.717) is 12.2 Å². The number of anilines is 1. The molecule has 1 N–H and O–H groups in total. The van der Waals surface area contributed by atoms with Crippen molar-refractivity contribution >= 4 is 46.5 Å². The highest BCUT2D eigenvalue weighted by Crippen LogP contribution is 2.31. The van der Waals surface area contributed by atoms with Crippen molar-refractivity contribution in [3.05, 3.63) is 29.8 Å². The van der Waals surface area contributed by atoms with E-state index in [2.05, 4.69) is 21.6 Å². The molecule has 1 aromatic heterocycles. The Hall–Kier alpha value is -1.56. The lowest BCUT2D eigenvalue weighted by atomic mass is 10.3. The van der Waals surface area contributed by atoms with E-state index in [4.69, 9.17) is 5.26 Å². The molecule has 1 amide bonds. The Balaban J connectivity index is 1.94. The zero-order valence-corrected chi connectivity index (χ0v) is 14.3. The van der Waals surface area contributed by atoms with Crippen LogP contribution in [0.25, 0.3) is 0 Å². The van der Waals surface area contributed by atoms with Crippen molar-refractivity contribution in [1.82, 2.24) is 10.2 Å². The fourth-order valence-electron chi connectivity index (χ4n) is 1.60. The van der Waals surface area contributed by atoms with E-state index in [1.165, 1.54) is 23.1 Å². The number of hydrogen-bond donors (Lipinski definition) is 1. The average Bonchev–Trinajstić information content (AvgIpc) is 3.01. The van der Waals surface area contributed by atoms with E-state index in [1.54, 1.807) is 17.3 Å². The zero-order chi connectivity index (χ0) is 15.8. The van der Waals surface area contributed by atoms with Gasteiger partial charge in [0.25, 0.3) is 0 Å². The van der Waals surface area contributed by atoms with Crippen molar-refractivity contribution < 1.29 is 4.79 Å². The topological polar surface area (TPSA) is 78.7 Å². The minimum absolute atomic E-state index is 0.0822. The molecule has 114 valence electrons. The van der Waals surface area contributed by atoms with E-state index < -0.39 is 0 Å². The SMILES string of the molecule is CC(CC#N)Sc1ccccc1NC(=O)CSc1nncs1. The van der Waals surface area contributed by atoms with Crippen LogP contribution >= 0.6 is 34.9 Å². The van der Waals surface area contributed by atoms with Gasteiger partial charge < -0.3 is 5.32 Å². The molecule has 0 aliphatic heterocycles. The number of para-hydroxylation sites is 1. The minimum atomic E-state index is -0.0822. The highest BCUT2D eigenvalue weighted by molar-refractivity contribution is 8.01. The molecule has 2 rings (SSSR count). The van der Waals surface area contributed by atoms with Gasteiger partial charge in [0.05, 0.1) is 17.5 Å². The van der Waals surface area contributed by atoms with Crippen molar-refractivity contribution in [3.63, 3.8) is 0 Å². The maximum atomic E-state index is 12.0. The molecular formula is C14H14N4OS3. The number of rotatable bonds is 7. The molecular weight excluding hydrogens is 336 g/mol. The van der Waals surface area contributed by atoms with E-state index in [-0.39, 0.29) is 11.2 Å². The molecule has 0 spiro atoms. The van der Waals surface area contributed by atoms with Gasteiger partial charge in [-0.2, -0.15) is 5.26 Å². The van der Waals surface area contributed by atoms with Gasteiger partial charge in [-0.3, -0.25) is 4.79 Å². The molecule has 0 bridgehead atoms. The Bertz CT molecular complexity index is 654. The normalized spacial score (nSPS) is 11.6. The largest absolute Gasteiger partial charge is 0.324 e. The first-order valence-electron chi connectivity index (χ1n) is 6.50. The number of thioether (sulfide) groups is 2. The van der Waals surface area contributed by atoms with Crippen molar-refractivity contribution in [2.45, 2.75) is 27.8 Å². The summed E-state index contributed by atoms with van der Waals surface area (Å²) in [5.41, 5.74) is 2.42. The van der Waals surface area contributed by atoms with Crippen LogP contribution in [0, 0.1) is 11.3 Å². The predicted molar refractivity (Wildman–Crippen MR) is 91.3 cm³/mol. The second-order valence-corrected chi connectivity index (χ2v) is 7.86. The summed E-state index contributed by atoms with van der Waals surface area (Å²) in [6, 6.07) is 9.79. The van der Waals surface area contributed by atoms with Gasteiger partial charge in [0.2, 0.25) is 5.91 Å². The second kappa shape index (κ2) is 8.78. The molecule has 8 heteroatoms. The van der Waals surface area contributed by atoms with Crippen LogP contribution < -0.4 is 5.32 Å². The first-order chi connectivity index (χ1) is 10.7. The summed E-state index contributed by atoms with van der Waals surface area (Å²) in [7, 11) is 0. The van der Waals surface area contributed by atoms with Gasteiger partial charge in [0.15, 0.2) is 4.34 Å². The van der Waals surface area contributed by atoms with Crippen LogP contribution in [0.2, 0.25) is 0 Å². The Morgan fingerprint density at radius 1 is 1.50 bits per heavy atom. The summed E-state index contributed by atoms with van der Waals surface area (Å²) in [6.07, 6.45) is 0.472. The second-order valence-electron chi connectivity index (χ2n) is 4.33. The van der Waals surface area contributed by atoms with Gasteiger partial charge in [0, 0.05) is 16.6 Å². The zero-order valence-electron chi connectivity index (χ0n) is 11.9. The van der Waals surface area contributed by atoms with Gasteiger partial charge in [0.1, 0.15) is 5.51 Å². The maximum Gasteiger partial charge on any atom is 0.234 e. The van der Waals surface area contributed by atoms with Crippen LogP contribution in [-0.4, -0.2) is 27.1 Å². The average molecular weight is 350 g/mol. The number of carbonyl (C=O) groups is 1. The lowest BCUT2D eigenvalue weighted by Crippen LogP contribution is -2.14. The highest BCUT2D eigenvalue weighted by atomic mass is 32.2. The molecule has 1 heterocycles. The summed E-state index contributed by atoms with van der Waals surface area (Å²) in [5, 5.41) is 19.5. The number of benzene rings is 1. The smallest absolute Gasteiger partial charge is 0.234 e. The lowest BCUT2D eigenvalue weighted by molar-refractivity contribution is -0.113. The van der Waals surface area contributed by atoms with Crippen molar-refractivity contribution in [1.29, 1.82) is 5.26 Å². The van der Waals surface area contributed by atoms with Crippen LogP contribution in [0.4, 0.5) is 5.69 Å². The minimum Gasteiger partial charge on any atom is -0.324 e. The molecule has 2 aromatic rings. The number of nitriles is 1. The third kappa shape index (κ3) is 5.33. The Kier molecular flexibility index (Phi) is 6.71. The number of amides is 1. The molecule has 0 aliphatic carbocycles. The molecule has 22 heavy (non-hydrogen) atoms. The van der Waals surface area contributed by atoms with Crippen LogP contribution in [0.15, 0.2) is 39.0 Å². The molecule has 1 unspecified atom stereocenters. The van der Waals surface area contributed by atoms with Crippen LogP contribution in [-0.2, 0) is 4.79 Å². The van der Waals surface area contributed by atoms with Gasteiger partial charge in [-0.25, -0.2) is 0 Å². The van der Waals surface area contributed by atoms with E-state index in [1.807, 2.05) is 31.2 Å². The fourth-order valence-corrected chi connectivity index (χ4v) is 3.88. The third-order valence-corrected chi connectivity index (χ3v) is 5.57. The van der Waals surface area contributed by atoms with E-state index in [9.17, 15) is 4.79 Å². The summed E-state index contributed by atoms with van der Waals surface area (Å²) < 4.78 is 0.778. The summed E-state index contributed by atoms with van der Waals surface area (Å²) in [4.78, 5) is 13.0. The van der Waals surface area contributed by atoms with Gasteiger partial charge in [-0.1, -0.05) is 42.2 Å². The van der Waals surface area contributed by atoms with Crippen LogP contribution in [0.1, 0.15) is 13.3 Å². The molecule has 0 radical (unpaired) electrons. The Morgan fingerprint density at radius 3 is 3.05 bits per heavy atom. The van der Waals surface area contributed by atoms with Gasteiger partial charge in [-0.15, -0.1) is 22.0 Å². The standard InChI is InChI=1S/C14H14N4OS3/c1-10(6-7-15)22-12-5-3-2-4-11(12)17-13(19)8-20-14-18-16-9-21-14/h2-5,9-10H,6,8H2,1H3,(H,17,19). The highest BCUT2D eigenvalue weighted by Gasteiger charge is 2.11. The quantitative estimate of drug-likeness (QED) is 0.768. The number of aromatic nitrogens is 2. The number of nitrogens with zero attached hydrogens (tertiary/aromatic N) is 3. The Morgan fingerprint density at radius 2 is 2.32 bits per heavy atom. The van der Waals surface area contributed by atoms with E-state index >= 15 is 0 Å². The Labute approximate surface area is 141 Å². The van der Waals surface area contributed by atoms with Crippen molar-refractivity contribution in [2.75, 3.05) is 11.1 Å². The molecule has 1 aromatic carbocycles. The summed E-state index contributed by atoms with van der Waals surface area (Å²) in [6.45, 7) is 2.00. The number of carbonyl (C=O) groups excluding carboxylic acids is 1. The van der Waals surface area contributed by atoms with Gasteiger partial charge >= 0.3 is 0 Å². The van der Waals surface area contributed by atoms with Crippen LogP contribution in [0.3, 0.4) is 0 Å². The molecule has 5 nitrogen and oxygen atoms in total.